The third kappa shape index (κ3) is 4.75. The fraction of sp³-hybridized carbons (Fsp3) is 0.136. The predicted octanol–water partition coefficient (Wildman–Crippen LogP) is 5.19. The van der Waals surface area contributed by atoms with Crippen molar-refractivity contribution in [3.63, 3.8) is 0 Å². The number of para-hydroxylation sites is 1. The van der Waals surface area contributed by atoms with Crippen LogP contribution >= 0.6 is 11.6 Å². The number of ether oxygens (including phenoxy) is 3. The van der Waals surface area contributed by atoms with E-state index in [1.54, 1.807) is 50.6 Å². The van der Waals surface area contributed by atoms with E-state index in [0.717, 1.165) is 11.3 Å². The Hall–Kier alpha value is -3.18. The maximum Gasteiger partial charge on any atom is 0.255 e. The standard InChI is InChI=1S/C22H20ClNO4/c1-26-17-8-10-18(11-9-17)28-14-16-13-15(7-12-21(16)27-2)22(25)24-20-6-4-3-5-19(20)23/h3-13H,14H2,1-2H3,(H,24,25). The summed E-state index contributed by atoms with van der Waals surface area (Å²) in [5, 5.41) is 3.29. The van der Waals surface area contributed by atoms with Gasteiger partial charge in [-0.25, -0.2) is 0 Å². The van der Waals surface area contributed by atoms with Crippen LogP contribution in [0.4, 0.5) is 5.69 Å². The minimum atomic E-state index is -0.263. The van der Waals surface area contributed by atoms with Crippen molar-refractivity contribution in [2.45, 2.75) is 6.61 Å². The Labute approximate surface area is 168 Å². The highest BCUT2D eigenvalue weighted by Crippen LogP contribution is 2.25. The number of methoxy groups -OCH3 is 2. The first-order valence-electron chi connectivity index (χ1n) is 8.60. The Kier molecular flexibility index (Phi) is 6.40. The van der Waals surface area contributed by atoms with E-state index in [0.29, 0.717) is 27.8 Å². The van der Waals surface area contributed by atoms with Crippen LogP contribution in [-0.2, 0) is 6.61 Å². The van der Waals surface area contributed by atoms with Crippen molar-refractivity contribution in [2.75, 3.05) is 19.5 Å². The molecule has 0 saturated carbocycles. The number of anilines is 1. The largest absolute Gasteiger partial charge is 0.497 e. The molecule has 0 atom stereocenters. The highest BCUT2D eigenvalue weighted by Gasteiger charge is 2.12. The fourth-order valence-electron chi connectivity index (χ4n) is 2.62. The molecule has 5 nitrogen and oxygen atoms in total. The first-order valence-corrected chi connectivity index (χ1v) is 8.98. The zero-order chi connectivity index (χ0) is 19.9. The Balaban J connectivity index is 1.75. The number of rotatable bonds is 7. The van der Waals surface area contributed by atoms with Crippen LogP contribution in [0.25, 0.3) is 0 Å². The normalized spacial score (nSPS) is 10.2. The molecule has 3 rings (SSSR count). The molecule has 1 N–H and O–H groups in total. The van der Waals surface area contributed by atoms with Crippen molar-refractivity contribution in [1.82, 2.24) is 0 Å². The van der Waals surface area contributed by atoms with Crippen molar-refractivity contribution in [3.8, 4) is 17.2 Å². The molecule has 3 aromatic rings. The van der Waals surface area contributed by atoms with Crippen molar-refractivity contribution >= 4 is 23.2 Å². The zero-order valence-electron chi connectivity index (χ0n) is 15.6. The molecule has 0 heterocycles. The van der Waals surface area contributed by atoms with Crippen LogP contribution < -0.4 is 19.5 Å². The summed E-state index contributed by atoms with van der Waals surface area (Å²) in [6, 6.07) is 19.5. The highest BCUT2D eigenvalue weighted by molar-refractivity contribution is 6.33. The topological polar surface area (TPSA) is 56.8 Å². The average Bonchev–Trinajstić information content (AvgIpc) is 2.74. The number of benzene rings is 3. The smallest absolute Gasteiger partial charge is 0.255 e. The van der Waals surface area contributed by atoms with Gasteiger partial charge in [0, 0.05) is 11.1 Å². The average molecular weight is 398 g/mol. The van der Waals surface area contributed by atoms with Crippen LogP contribution in [-0.4, -0.2) is 20.1 Å². The van der Waals surface area contributed by atoms with Gasteiger partial charge in [-0.05, 0) is 54.6 Å². The molecule has 6 heteroatoms. The van der Waals surface area contributed by atoms with Crippen LogP contribution in [0, 0.1) is 0 Å². The van der Waals surface area contributed by atoms with Gasteiger partial charge in [0.1, 0.15) is 23.9 Å². The van der Waals surface area contributed by atoms with E-state index in [1.165, 1.54) is 0 Å². The second-order valence-electron chi connectivity index (χ2n) is 5.92. The summed E-state index contributed by atoms with van der Waals surface area (Å²) in [6.45, 7) is 0.253. The monoisotopic (exact) mass is 397 g/mol. The third-order valence-corrected chi connectivity index (χ3v) is 4.45. The molecule has 0 aliphatic carbocycles. The van der Waals surface area contributed by atoms with E-state index in [4.69, 9.17) is 25.8 Å². The lowest BCUT2D eigenvalue weighted by Gasteiger charge is -2.13. The van der Waals surface area contributed by atoms with Gasteiger partial charge in [0.05, 0.1) is 24.9 Å². The number of carbonyl (C=O) groups excluding carboxylic acids is 1. The summed E-state index contributed by atoms with van der Waals surface area (Å²) in [5.74, 6) is 1.82. The van der Waals surface area contributed by atoms with Gasteiger partial charge >= 0.3 is 0 Å². The highest BCUT2D eigenvalue weighted by atomic mass is 35.5. The molecule has 0 aromatic heterocycles. The van der Waals surface area contributed by atoms with Crippen molar-refractivity contribution in [2.24, 2.45) is 0 Å². The summed E-state index contributed by atoms with van der Waals surface area (Å²) >= 11 is 6.11. The number of hydrogen-bond acceptors (Lipinski definition) is 4. The van der Waals surface area contributed by atoms with Crippen LogP contribution in [0.15, 0.2) is 66.7 Å². The van der Waals surface area contributed by atoms with E-state index < -0.39 is 0 Å². The molecule has 144 valence electrons. The second-order valence-corrected chi connectivity index (χ2v) is 6.33. The van der Waals surface area contributed by atoms with E-state index in [9.17, 15) is 4.79 Å². The second kappa shape index (κ2) is 9.15. The van der Waals surface area contributed by atoms with E-state index in [1.807, 2.05) is 30.3 Å². The summed E-state index contributed by atoms with van der Waals surface area (Å²) in [7, 11) is 3.19. The van der Waals surface area contributed by atoms with Gasteiger partial charge in [0.15, 0.2) is 0 Å². The van der Waals surface area contributed by atoms with E-state index in [2.05, 4.69) is 5.32 Å². The number of hydrogen-bond donors (Lipinski definition) is 1. The van der Waals surface area contributed by atoms with Gasteiger partial charge in [0.25, 0.3) is 5.91 Å². The Morgan fingerprint density at radius 1 is 0.929 bits per heavy atom. The van der Waals surface area contributed by atoms with Crippen molar-refractivity contribution in [3.05, 3.63) is 82.9 Å². The Morgan fingerprint density at radius 2 is 1.64 bits per heavy atom. The van der Waals surface area contributed by atoms with Gasteiger partial charge in [-0.3, -0.25) is 4.79 Å². The molecule has 0 aliphatic rings. The summed E-state index contributed by atoms with van der Waals surface area (Å²) in [6.07, 6.45) is 0. The molecular weight excluding hydrogens is 378 g/mol. The van der Waals surface area contributed by atoms with Crippen LogP contribution in [0.3, 0.4) is 0 Å². The van der Waals surface area contributed by atoms with Gasteiger partial charge < -0.3 is 19.5 Å². The third-order valence-electron chi connectivity index (χ3n) is 4.12. The molecule has 3 aromatic carbocycles. The maximum absolute atomic E-state index is 12.6. The summed E-state index contributed by atoms with van der Waals surface area (Å²) in [4.78, 5) is 12.6. The summed E-state index contributed by atoms with van der Waals surface area (Å²) in [5.41, 5.74) is 1.79. The molecule has 0 unspecified atom stereocenters. The molecule has 0 fully saturated rings. The minimum Gasteiger partial charge on any atom is -0.497 e. The van der Waals surface area contributed by atoms with E-state index >= 15 is 0 Å². The molecule has 0 radical (unpaired) electrons. The van der Waals surface area contributed by atoms with Gasteiger partial charge in [-0.2, -0.15) is 0 Å². The van der Waals surface area contributed by atoms with Gasteiger partial charge in [0.2, 0.25) is 0 Å². The molecule has 0 spiro atoms. The Morgan fingerprint density at radius 3 is 2.32 bits per heavy atom. The first kappa shape index (κ1) is 19.6. The maximum atomic E-state index is 12.6. The lowest BCUT2D eigenvalue weighted by molar-refractivity contribution is 0.102. The number of carbonyl (C=O) groups is 1. The SMILES string of the molecule is COc1ccc(OCc2cc(C(=O)Nc3ccccc3Cl)ccc2OC)cc1. The number of halogens is 1. The molecule has 0 aliphatic heterocycles. The lowest BCUT2D eigenvalue weighted by Crippen LogP contribution is -2.13. The molecule has 28 heavy (non-hydrogen) atoms. The summed E-state index contributed by atoms with van der Waals surface area (Å²) < 4.78 is 16.3. The van der Waals surface area contributed by atoms with Gasteiger partial charge in [-0.1, -0.05) is 23.7 Å². The van der Waals surface area contributed by atoms with Crippen LogP contribution in [0.5, 0.6) is 17.2 Å². The molecule has 1 amide bonds. The first-order chi connectivity index (χ1) is 13.6. The fourth-order valence-corrected chi connectivity index (χ4v) is 2.81. The minimum absolute atomic E-state index is 0.253. The Bertz CT molecular complexity index is 957. The quantitative estimate of drug-likeness (QED) is 0.596. The van der Waals surface area contributed by atoms with Crippen LogP contribution in [0.2, 0.25) is 5.02 Å². The van der Waals surface area contributed by atoms with Crippen molar-refractivity contribution < 1.29 is 19.0 Å². The molecular formula is C22H20ClNO4. The predicted molar refractivity (Wildman–Crippen MR) is 110 cm³/mol. The van der Waals surface area contributed by atoms with Crippen molar-refractivity contribution in [1.29, 1.82) is 0 Å². The molecule has 0 saturated heterocycles. The lowest BCUT2D eigenvalue weighted by atomic mass is 10.1. The number of amides is 1. The molecule has 0 bridgehead atoms. The number of nitrogens with one attached hydrogen (secondary N) is 1. The van der Waals surface area contributed by atoms with E-state index in [-0.39, 0.29) is 12.5 Å². The zero-order valence-corrected chi connectivity index (χ0v) is 16.3. The van der Waals surface area contributed by atoms with Gasteiger partial charge in [-0.15, -0.1) is 0 Å². The van der Waals surface area contributed by atoms with Crippen LogP contribution in [0.1, 0.15) is 15.9 Å².